The predicted octanol–water partition coefficient (Wildman–Crippen LogP) is 0.000600. The first kappa shape index (κ1) is 17.4. The van der Waals surface area contributed by atoms with Gasteiger partial charge in [0.25, 0.3) is 0 Å². The first-order chi connectivity index (χ1) is 9.86. The van der Waals surface area contributed by atoms with Gasteiger partial charge in [-0.2, -0.15) is 0 Å². The highest BCUT2D eigenvalue weighted by molar-refractivity contribution is 5.90. The van der Waals surface area contributed by atoms with Gasteiger partial charge in [-0.25, -0.2) is 0 Å². The largest absolute Gasteiger partial charge is 0.481 e. The molecular weight excluding hydrogens is 276 g/mol. The molecule has 7 heteroatoms. The standard InChI is InChI=1S/C14H24N2O5/c1-8-6-10(11(7-8)14(19)20)13(18)16-9(2)12(17)15-4-5-21-3/h8-11H,4-7H2,1-3H3,(H,15,17)(H,16,18)(H,19,20). The maximum Gasteiger partial charge on any atom is 0.307 e. The van der Waals surface area contributed by atoms with Crippen molar-refractivity contribution in [1.82, 2.24) is 10.6 Å². The average molecular weight is 300 g/mol. The van der Waals surface area contributed by atoms with Crippen LogP contribution in [0.2, 0.25) is 0 Å². The molecule has 1 aliphatic rings. The number of carbonyl (C=O) groups is 3. The third-order valence-corrected chi connectivity index (χ3v) is 3.81. The Morgan fingerprint density at radius 3 is 2.48 bits per heavy atom. The molecule has 120 valence electrons. The van der Waals surface area contributed by atoms with Crippen molar-refractivity contribution in [3.63, 3.8) is 0 Å². The van der Waals surface area contributed by atoms with E-state index in [1.165, 1.54) is 7.11 Å². The lowest BCUT2D eigenvalue weighted by molar-refractivity contribution is -0.146. The van der Waals surface area contributed by atoms with Crippen molar-refractivity contribution >= 4 is 17.8 Å². The average Bonchev–Trinajstić information content (AvgIpc) is 2.81. The molecule has 7 nitrogen and oxygen atoms in total. The fraction of sp³-hybridized carbons (Fsp3) is 0.786. The number of rotatable bonds is 7. The van der Waals surface area contributed by atoms with Gasteiger partial charge in [-0.1, -0.05) is 6.92 Å². The second-order valence-corrected chi connectivity index (χ2v) is 5.64. The van der Waals surface area contributed by atoms with Crippen LogP contribution in [0.15, 0.2) is 0 Å². The molecule has 1 saturated carbocycles. The summed E-state index contributed by atoms with van der Waals surface area (Å²) >= 11 is 0. The lowest BCUT2D eigenvalue weighted by Crippen LogP contribution is -2.48. The van der Waals surface area contributed by atoms with Crippen LogP contribution < -0.4 is 10.6 Å². The molecule has 21 heavy (non-hydrogen) atoms. The van der Waals surface area contributed by atoms with Crippen LogP contribution in [-0.2, 0) is 19.1 Å². The Hall–Kier alpha value is -1.63. The molecule has 1 aliphatic carbocycles. The van der Waals surface area contributed by atoms with E-state index in [4.69, 9.17) is 9.84 Å². The zero-order valence-electron chi connectivity index (χ0n) is 12.7. The number of carbonyl (C=O) groups excluding carboxylic acids is 2. The molecule has 0 aromatic heterocycles. The first-order valence-corrected chi connectivity index (χ1v) is 7.16. The Morgan fingerprint density at radius 1 is 1.29 bits per heavy atom. The minimum Gasteiger partial charge on any atom is -0.481 e. The van der Waals surface area contributed by atoms with E-state index >= 15 is 0 Å². The van der Waals surface area contributed by atoms with Crippen LogP contribution in [0.3, 0.4) is 0 Å². The van der Waals surface area contributed by atoms with E-state index in [-0.39, 0.29) is 17.7 Å². The lowest BCUT2D eigenvalue weighted by Gasteiger charge is -2.19. The summed E-state index contributed by atoms with van der Waals surface area (Å²) < 4.78 is 4.82. The van der Waals surface area contributed by atoms with Crippen molar-refractivity contribution in [3.8, 4) is 0 Å². The first-order valence-electron chi connectivity index (χ1n) is 7.16. The molecule has 3 N–H and O–H groups in total. The van der Waals surface area contributed by atoms with Crippen molar-refractivity contribution in [2.75, 3.05) is 20.3 Å². The fourth-order valence-corrected chi connectivity index (χ4v) is 2.67. The van der Waals surface area contributed by atoms with E-state index in [1.807, 2.05) is 6.92 Å². The number of amides is 2. The smallest absolute Gasteiger partial charge is 0.307 e. The number of carboxylic acid groups (broad SMARTS) is 1. The van der Waals surface area contributed by atoms with E-state index in [0.29, 0.717) is 26.0 Å². The second-order valence-electron chi connectivity index (χ2n) is 5.64. The van der Waals surface area contributed by atoms with Crippen molar-refractivity contribution in [2.45, 2.75) is 32.7 Å². The zero-order chi connectivity index (χ0) is 16.0. The summed E-state index contributed by atoms with van der Waals surface area (Å²) in [5, 5.41) is 14.4. The van der Waals surface area contributed by atoms with E-state index in [1.54, 1.807) is 6.92 Å². The van der Waals surface area contributed by atoms with Gasteiger partial charge in [0, 0.05) is 13.7 Å². The van der Waals surface area contributed by atoms with Gasteiger partial charge in [-0.3, -0.25) is 14.4 Å². The topological polar surface area (TPSA) is 105 Å². The molecular formula is C14H24N2O5. The summed E-state index contributed by atoms with van der Waals surface area (Å²) in [6.45, 7) is 4.28. The Balaban J connectivity index is 2.51. The Kier molecular flexibility index (Phi) is 6.61. The number of aliphatic carboxylic acids is 1. The van der Waals surface area contributed by atoms with Crippen LogP contribution in [0.5, 0.6) is 0 Å². The van der Waals surface area contributed by atoms with Crippen LogP contribution in [0.25, 0.3) is 0 Å². The normalized spacial score (nSPS) is 26.1. The molecule has 0 aliphatic heterocycles. The molecule has 1 fully saturated rings. The van der Waals surface area contributed by atoms with E-state index in [2.05, 4.69) is 10.6 Å². The zero-order valence-corrected chi connectivity index (χ0v) is 12.7. The molecule has 1 rings (SSSR count). The Morgan fingerprint density at radius 2 is 1.90 bits per heavy atom. The van der Waals surface area contributed by atoms with Gasteiger partial charge in [0.15, 0.2) is 0 Å². The molecule has 0 saturated heterocycles. The van der Waals surface area contributed by atoms with Gasteiger partial charge in [0.1, 0.15) is 6.04 Å². The van der Waals surface area contributed by atoms with E-state index in [0.717, 1.165) is 0 Å². The molecule has 0 radical (unpaired) electrons. The van der Waals surface area contributed by atoms with Crippen LogP contribution in [-0.4, -0.2) is 49.2 Å². The van der Waals surface area contributed by atoms with Gasteiger partial charge in [0.2, 0.25) is 11.8 Å². The fourth-order valence-electron chi connectivity index (χ4n) is 2.67. The quantitative estimate of drug-likeness (QED) is 0.574. The van der Waals surface area contributed by atoms with Crippen LogP contribution in [0.1, 0.15) is 26.7 Å². The molecule has 0 aromatic rings. The number of carboxylic acids is 1. The number of nitrogens with one attached hydrogen (secondary N) is 2. The minimum atomic E-state index is -0.948. The monoisotopic (exact) mass is 300 g/mol. The summed E-state index contributed by atoms with van der Waals surface area (Å²) in [5.74, 6) is -2.64. The van der Waals surface area contributed by atoms with Gasteiger partial charge in [-0.15, -0.1) is 0 Å². The molecule has 0 bridgehead atoms. The number of ether oxygens (including phenoxy) is 1. The van der Waals surface area contributed by atoms with Gasteiger partial charge < -0.3 is 20.5 Å². The molecule has 4 unspecified atom stereocenters. The lowest BCUT2D eigenvalue weighted by atomic mass is 9.95. The summed E-state index contributed by atoms with van der Waals surface area (Å²) in [4.78, 5) is 35.1. The van der Waals surface area contributed by atoms with Gasteiger partial charge >= 0.3 is 5.97 Å². The summed E-state index contributed by atoms with van der Waals surface area (Å²) in [5.41, 5.74) is 0. The van der Waals surface area contributed by atoms with Crippen molar-refractivity contribution in [3.05, 3.63) is 0 Å². The molecule has 2 amide bonds. The maximum atomic E-state index is 12.2. The number of methoxy groups -OCH3 is 1. The number of hydrogen-bond acceptors (Lipinski definition) is 4. The second kappa shape index (κ2) is 7.97. The van der Waals surface area contributed by atoms with Crippen molar-refractivity contribution in [2.24, 2.45) is 17.8 Å². The van der Waals surface area contributed by atoms with E-state index in [9.17, 15) is 14.4 Å². The van der Waals surface area contributed by atoms with E-state index < -0.39 is 23.8 Å². The summed E-state index contributed by atoms with van der Waals surface area (Å²) in [7, 11) is 1.53. The maximum absolute atomic E-state index is 12.2. The van der Waals surface area contributed by atoms with Crippen LogP contribution >= 0.6 is 0 Å². The Bertz CT molecular complexity index is 399. The van der Waals surface area contributed by atoms with Crippen molar-refractivity contribution in [1.29, 1.82) is 0 Å². The third-order valence-electron chi connectivity index (χ3n) is 3.81. The van der Waals surface area contributed by atoms with Crippen LogP contribution in [0, 0.1) is 17.8 Å². The highest BCUT2D eigenvalue weighted by Gasteiger charge is 2.41. The number of hydrogen-bond donors (Lipinski definition) is 3. The molecule has 0 spiro atoms. The predicted molar refractivity (Wildman–Crippen MR) is 75.5 cm³/mol. The minimum absolute atomic E-state index is 0.202. The SMILES string of the molecule is COCCNC(=O)C(C)NC(=O)C1CC(C)CC1C(=O)O. The summed E-state index contributed by atoms with van der Waals surface area (Å²) in [6.07, 6.45) is 1.04. The molecule has 0 heterocycles. The third kappa shape index (κ3) is 5.00. The van der Waals surface area contributed by atoms with Crippen LogP contribution in [0.4, 0.5) is 0 Å². The summed E-state index contributed by atoms with van der Waals surface area (Å²) in [6, 6.07) is -0.695. The molecule has 0 aromatic carbocycles. The highest BCUT2D eigenvalue weighted by atomic mass is 16.5. The van der Waals surface area contributed by atoms with Gasteiger partial charge in [-0.05, 0) is 25.7 Å². The highest BCUT2D eigenvalue weighted by Crippen LogP contribution is 2.36. The Labute approximate surface area is 124 Å². The van der Waals surface area contributed by atoms with Gasteiger partial charge in [0.05, 0.1) is 18.4 Å². The van der Waals surface area contributed by atoms with Crippen molar-refractivity contribution < 1.29 is 24.2 Å². The molecule has 4 atom stereocenters.